The molecule has 2 heterocycles. The van der Waals surface area contributed by atoms with Crippen molar-refractivity contribution in [2.45, 2.75) is 18.1 Å². The Morgan fingerprint density at radius 2 is 1.75 bits per heavy atom. The maximum absolute atomic E-state index is 12.1. The lowest BCUT2D eigenvalue weighted by molar-refractivity contribution is 0.274. The molecular weight excluding hydrogens is 454 g/mol. The van der Waals surface area contributed by atoms with E-state index < -0.39 is 9.84 Å². The Bertz CT molecular complexity index is 349. The fraction of sp³-hybridized carbons (Fsp3) is 1.00. The summed E-state index contributed by atoms with van der Waals surface area (Å²) in [6, 6.07) is 0. The van der Waals surface area contributed by atoms with Crippen molar-refractivity contribution in [3.63, 3.8) is 0 Å². The van der Waals surface area contributed by atoms with Gasteiger partial charge in [0, 0.05) is 71.9 Å². The van der Waals surface area contributed by atoms with Crippen LogP contribution < -0.4 is 0 Å². The minimum atomic E-state index is -2.86. The van der Waals surface area contributed by atoms with Crippen molar-refractivity contribution < 1.29 is 8.42 Å². The van der Waals surface area contributed by atoms with E-state index in [0.717, 1.165) is 25.9 Å². The second-order valence-corrected chi connectivity index (χ2v) is 9.61. The molecule has 0 saturated carbocycles. The van der Waals surface area contributed by atoms with Crippen molar-refractivity contribution in [2.24, 2.45) is 5.92 Å². The molecule has 0 spiro atoms. The van der Waals surface area contributed by atoms with E-state index in [2.05, 4.69) is 52.0 Å². The van der Waals surface area contributed by atoms with Crippen LogP contribution in [-0.2, 0) is 9.84 Å². The predicted octanol–water partition coefficient (Wildman–Crippen LogP) is 1.50. The highest BCUT2D eigenvalue weighted by Gasteiger charge is 2.39. The molecular formula is C9H16I2N2O2S. The molecule has 0 amide bonds. The maximum Gasteiger partial charge on any atom is 0.156 e. The molecule has 0 radical (unpaired) electrons. The summed E-state index contributed by atoms with van der Waals surface area (Å²) in [5, 5.41) is -0.143. The predicted molar refractivity (Wildman–Crippen MR) is 81.5 cm³/mol. The molecule has 7 heteroatoms. The van der Waals surface area contributed by atoms with Gasteiger partial charge in [0.05, 0.1) is 11.0 Å². The number of piperidine rings is 1. The topological polar surface area (TPSA) is 40.6 Å². The van der Waals surface area contributed by atoms with Gasteiger partial charge >= 0.3 is 0 Å². The molecule has 0 aromatic rings. The third-order valence-corrected chi connectivity index (χ3v) is 7.35. The molecule has 16 heavy (non-hydrogen) atoms. The van der Waals surface area contributed by atoms with Crippen LogP contribution in [0.25, 0.3) is 0 Å². The molecule has 2 aliphatic heterocycles. The quantitative estimate of drug-likeness (QED) is 0.431. The first-order valence-corrected chi connectivity index (χ1v) is 9.16. The summed E-state index contributed by atoms with van der Waals surface area (Å²) in [7, 11) is -2.86. The van der Waals surface area contributed by atoms with Crippen LogP contribution in [0.4, 0.5) is 0 Å². The van der Waals surface area contributed by atoms with E-state index in [1.165, 1.54) is 0 Å². The maximum atomic E-state index is 12.1. The Balaban J connectivity index is 2.10. The van der Waals surface area contributed by atoms with E-state index in [0.29, 0.717) is 24.8 Å². The second kappa shape index (κ2) is 5.54. The Labute approximate surface area is 125 Å². The first kappa shape index (κ1) is 13.8. The lowest BCUT2D eigenvalue weighted by atomic mass is 9.95. The van der Waals surface area contributed by atoms with Gasteiger partial charge in [0.2, 0.25) is 0 Å². The molecule has 2 atom stereocenters. The zero-order valence-electron chi connectivity index (χ0n) is 8.98. The normalized spacial score (nSPS) is 37.4. The van der Waals surface area contributed by atoms with Crippen molar-refractivity contribution in [3.8, 4) is 0 Å². The van der Waals surface area contributed by atoms with E-state index in [9.17, 15) is 8.42 Å². The number of hydrogen-bond donors (Lipinski definition) is 0. The van der Waals surface area contributed by atoms with Crippen LogP contribution in [0, 0.1) is 5.92 Å². The van der Waals surface area contributed by atoms with Gasteiger partial charge in [-0.1, -0.05) is 0 Å². The van der Waals surface area contributed by atoms with Gasteiger partial charge in [-0.25, -0.2) is 14.6 Å². The summed E-state index contributed by atoms with van der Waals surface area (Å²) in [5.41, 5.74) is 0. The number of sulfone groups is 1. The molecule has 94 valence electrons. The van der Waals surface area contributed by atoms with Crippen LogP contribution in [0.5, 0.6) is 0 Å². The number of rotatable bonds is 1. The Morgan fingerprint density at radius 3 is 2.44 bits per heavy atom. The van der Waals surface area contributed by atoms with Crippen LogP contribution in [-0.4, -0.2) is 51.8 Å². The van der Waals surface area contributed by atoms with E-state index in [-0.39, 0.29) is 5.25 Å². The largest absolute Gasteiger partial charge is 0.247 e. The summed E-state index contributed by atoms with van der Waals surface area (Å²) in [4.78, 5) is 0. The van der Waals surface area contributed by atoms with Gasteiger partial charge in [-0.2, -0.15) is 0 Å². The molecule has 0 aromatic carbocycles. The van der Waals surface area contributed by atoms with Crippen molar-refractivity contribution in [3.05, 3.63) is 0 Å². The van der Waals surface area contributed by atoms with Crippen LogP contribution in [0.2, 0.25) is 0 Å². The average Bonchev–Trinajstić information content (AvgIpc) is 2.22. The summed E-state index contributed by atoms with van der Waals surface area (Å²) < 4.78 is 28.5. The first-order valence-electron chi connectivity index (χ1n) is 5.52. The van der Waals surface area contributed by atoms with Gasteiger partial charge in [-0.3, -0.25) is 0 Å². The fourth-order valence-corrected chi connectivity index (χ4v) is 6.59. The van der Waals surface area contributed by atoms with Crippen molar-refractivity contribution in [1.29, 1.82) is 0 Å². The van der Waals surface area contributed by atoms with E-state index in [4.69, 9.17) is 0 Å². The molecule has 0 aliphatic carbocycles. The molecule has 2 fully saturated rings. The summed E-state index contributed by atoms with van der Waals surface area (Å²) >= 11 is 4.55. The summed E-state index contributed by atoms with van der Waals surface area (Å²) in [6.45, 7) is 3.41. The SMILES string of the molecule is O=S1(=O)CCN(I)CC1C1CCCN(I)C1. The third-order valence-electron chi connectivity index (χ3n) is 3.39. The molecule has 0 bridgehead atoms. The van der Waals surface area contributed by atoms with Crippen molar-refractivity contribution in [2.75, 3.05) is 31.9 Å². The third kappa shape index (κ3) is 3.21. The van der Waals surface area contributed by atoms with Gasteiger partial charge in [0.25, 0.3) is 0 Å². The van der Waals surface area contributed by atoms with Crippen LogP contribution in [0.3, 0.4) is 0 Å². The lowest BCUT2D eigenvalue weighted by Gasteiger charge is -2.37. The van der Waals surface area contributed by atoms with Crippen molar-refractivity contribution >= 4 is 55.6 Å². The van der Waals surface area contributed by atoms with Crippen LogP contribution in [0.1, 0.15) is 12.8 Å². The zero-order chi connectivity index (χ0) is 11.8. The average molecular weight is 470 g/mol. The molecule has 0 N–H and O–H groups in total. The van der Waals surface area contributed by atoms with Gasteiger partial charge in [0.15, 0.2) is 9.84 Å². The molecule has 2 aliphatic rings. The minimum Gasteiger partial charge on any atom is -0.247 e. The lowest BCUT2D eigenvalue weighted by Crippen LogP contribution is -2.49. The number of hydrogen-bond acceptors (Lipinski definition) is 4. The fourth-order valence-electron chi connectivity index (χ4n) is 2.49. The molecule has 0 aromatic heterocycles. The molecule has 2 unspecified atom stereocenters. The number of halogens is 2. The summed E-state index contributed by atoms with van der Waals surface area (Å²) in [5.74, 6) is 0.659. The monoisotopic (exact) mass is 470 g/mol. The molecule has 2 rings (SSSR count). The molecule has 2 saturated heterocycles. The van der Waals surface area contributed by atoms with Crippen molar-refractivity contribution in [1.82, 2.24) is 6.23 Å². The van der Waals surface area contributed by atoms with E-state index in [1.807, 2.05) is 0 Å². The van der Waals surface area contributed by atoms with Gasteiger partial charge in [-0.05, 0) is 18.8 Å². The highest BCUT2D eigenvalue weighted by atomic mass is 127. The molecule has 4 nitrogen and oxygen atoms in total. The van der Waals surface area contributed by atoms with Gasteiger partial charge in [-0.15, -0.1) is 0 Å². The Hall–Kier alpha value is 1.33. The van der Waals surface area contributed by atoms with Crippen LogP contribution in [0.15, 0.2) is 0 Å². The Kier molecular flexibility index (Phi) is 4.76. The smallest absolute Gasteiger partial charge is 0.156 e. The Morgan fingerprint density at radius 1 is 1.06 bits per heavy atom. The standard InChI is InChI=1S/C9H16I2N2O2S/c10-12-3-1-2-8(6-12)9-7-13(11)4-5-16(9,14)15/h8-9H,1-7H2. The second-order valence-electron chi connectivity index (χ2n) is 4.55. The summed E-state index contributed by atoms with van der Waals surface area (Å²) in [6.07, 6.45) is 2.19. The highest BCUT2D eigenvalue weighted by Crippen LogP contribution is 2.29. The first-order chi connectivity index (χ1) is 7.49. The van der Waals surface area contributed by atoms with Gasteiger partial charge < -0.3 is 0 Å². The zero-order valence-corrected chi connectivity index (χ0v) is 14.1. The minimum absolute atomic E-state index is 0.143. The van der Waals surface area contributed by atoms with E-state index >= 15 is 0 Å². The van der Waals surface area contributed by atoms with Gasteiger partial charge in [0.1, 0.15) is 0 Å². The van der Waals surface area contributed by atoms with E-state index in [1.54, 1.807) is 0 Å². The highest BCUT2D eigenvalue weighted by molar-refractivity contribution is 14.1. The van der Waals surface area contributed by atoms with Crippen LogP contribution >= 0.6 is 45.7 Å². The number of nitrogens with zero attached hydrogens (tertiary/aromatic N) is 2.